The fourth-order valence-corrected chi connectivity index (χ4v) is 2.12. The second-order valence-electron chi connectivity index (χ2n) is 4.98. The molecule has 0 unspecified atom stereocenters. The number of methoxy groups -OCH3 is 1. The molecule has 3 rings (SSSR count). The van der Waals surface area contributed by atoms with Gasteiger partial charge in [-0.1, -0.05) is 29.8 Å². The highest BCUT2D eigenvalue weighted by molar-refractivity contribution is 6.12. The van der Waals surface area contributed by atoms with E-state index in [1.54, 1.807) is 13.2 Å². The van der Waals surface area contributed by atoms with Crippen LogP contribution in [-0.4, -0.2) is 19.0 Å². The zero-order chi connectivity index (χ0) is 15.5. The number of nitrogens with zero attached hydrogens (tertiary/aromatic N) is 1. The molecule has 0 spiro atoms. The minimum absolute atomic E-state index is 0.281. The Morgan fingerprint density at radius 2 is 1.91 bits per heavy atom. The first-order valence-corrected chi connectivity index (χ1v) is 6.89. The van der Waals surface area contributed by atoms with E-state index in [0.717, 1.165) is 22.4 Å². The Morgan fingerprint density at radius 3 is 2.64 bits per heavy atom. The van der Waals surface area contributed by atoms with E-state index >= 15 is 0 Å². The summed E-state index contributed by atoms with van der Waals surface area (Å²) in [4.78, 5) is 16.2. The Labute approximate surface area is 128 Å². The van der Waals surface area contributed by atoms with Crippen LogP contribution in [0.1, 0.15) is 16.7 Å². The first kappa shape index (κ1) is 14.1. The molecule has 2 aromatic rings. The average Bonchev–Trinajstić information content (AvgIpc) is 2.89. The smallest absolute Gasteiger partial charge is 0.363 e. The average molecular weight is 293 g/mol. The third kappa shape index (κ3) is 2.91. The summed E-state index contributed by atoms with van der Waals surface area (Å²) in [6.45, 7) is 2.00. The number of benzene rings is 2. The number of esters is 1. The Kier molecular flexibility index (Phi) is 3.74. The lowest BCUT2D eigenvalue weighted by molar-refractivity contribution is -0.129. The van der Waals surface area contributed by atoms with Gasteiger partial charge in [0.05, 0.1) is 7.11 Å². The van der Waals surface area contributed by atoms with Gasteiger partial charge in [-0.25, -0.2) is 9.79 Å². The molecule has 0 amide bonds. The van der Waals surface area contributed by atoms with E-state index in [0.29, 0.717) is 5.90 Å². The molecule has 0 radical (unpaired) electrons. The van der Waals surface area contributed by atoms with Gasteiger partial charge in [0.2, 0.25) is 5.90 Å². The Balaban J connectivity index is 1.92. The molecule has 0 saturated carbocycles. The molecule has 0 atom stereocenters. The normalized spacial score (nSPS) is 15.6. The van der Waals surface area contributed by atoms with Gasteiger partial charge in [-0.15, -0.1) is 0 Å². The van der Waals surface area contributed by atoms with E-state index in [1.165, 1.54) is 0 Å². The minimum Gasteiger partial charge on any atom is -0.497 e. The van der Waals surface area contributed by atoms with Crippen LogP contribution in [-0.2, 0) is 9.53 Å². The number of cyclic esters (lactones) is 1. The minimum atomic E-state index is -0.446. The van der Waals surface area contributed by atoms with Crippen molar-refractivity contribution >= 4 is 17.9 Å². The van der Waals surface area contributed by atoms with Crippen molar-refractivity contribution in [2.75, 3.05) is 7.11 Å². The van der Waals surface area contributed by atoms with E-state index in [2.05, 4.69) is 4.99 Å². The lowest BCUT2D eigenvalue weighted by atomic mass is 10.1. The maximum absolute atomic E-state index is 11.9. The number of carbonyl (C=O) groups excluding carboxylic acids is 1. The quantitative estimate of drug-likeness (QED) is 0.644. The van der Waals surface area contributed by atoms with Gasteiger partial charge in [-0.3, -0.25) is 0 Å². The largest absolute Gasteiger partial charge is 0.497 e. The van der Waals surface area contributed by atoms with Gasteiger partial charge in [0, 0.05) is 5.56 Å². The van der Waals surface area contributed by atoms with E-state index in [-0.39, 0.29) is 5.70 Å². The van der Waals surface area contributed by atoms with Crippen LogP contribution in [0.3, 0.4) is 0 Å². The van der Waals surface area contributed by atoms with Crippen molar-refractivity contribution in [1.82, 2.24) is 0 Å². The van der Waals surface area contributed by atoms with Crippen LogP contribution in [0, 0.1) is 6.92 Å². The van der Waals surface area contributed by atoms with Gasteiger partial charge in [-0.2, -0.15) is 0 Å². The fourth-order valence-electron chi connectivity index (χ4n) is 2.12. The predicted molar refractivity (Wildman–Crippen MR) is 84.8 cm³/mol. The molecular weight excluding hydrogens is 278 g/mol. The summed E-state index contributed by atoms with van der Waals surface area (Å²) in [6.07, 6.45) is 1.69. The van der Waals surface area contributed by atoms with Crippen molar-refractivity contribution in [3.05, 3.63) is 70.9 Å². The first-order chi connectivity index (χ1) is 10.7. The summed E-state index contributed by atoms with van der Waals surface area (Å²) in [6, 6.07) is 15.1. The Morgan fingerprint density at radius 1 is 1.14 bits per heavy atom. The summed E-state index contributed by atoms with van der Waals surface area (Å²) in [7, 11) is 1.60. The van der Waals surface area contributed by atoms with E-state index in [9.17, 15) is 4.79 Å². The summed E-state index contributed by atoms with van der Waals surface area (Å²) in [5, 5.41) is 0. The number of aliphatic imine (C=N–C) groups is 1. The Hall–Kier alpha value is -2.88. The molecule has 1 aliphatic heterocycles. The van der Waals surface area contributed by atoms with Crippen LogP contribution < -0.4 is 4.74 Å². The molecule has 0 aromatic heterocycles. The fraction of sp³-hybridized carbons (Fsp3) is 0.111. The molecule has 0 bridgehead atoms. The molecular formula is C18H15NO3. The van der Waals surface area contributed by atoms with Crippen LogP contribution in [0.15, 0.2) is 59.2 Å². The SMILES string of the molecule is COc1cccc(/C=C2\N=C(c3ccc(C)cc3)OC2=O)c1. The lowest BCUT2D eigenvalue weighted by Crippen LogP contribution is -2.05. The molecule has 0 fully saturated rings. The van der Waals surface area contributed by atoms with Gasteiger partial charge >= 0.3 is 5.97 Å². The monoisotopic (exact) mass is 293 g/mol. The highest BCUT2D eigenvalue weighted by Gasteiger charge is 2.23. The van der Waals surface area contributed by atoms with Gasteiger partial charge in [0.1, 0.15) is 5.75 Å². The second-order valence-corrected chi connectivity index (χ2v) is 4.98. The molecule has 110 valence electrons. The summed E-state index contributed by atoms with van der Waals surface area (Å²) in [5.41, 5.74) is 3.04. The van der Waals surface area contributed by atoms with Gasteiger partial charge in [0.25, 0.3) is 0 Å². The predicted octanol–water partition coefficient (Wildman–Crippen LogP) is 3.35. The van der Waals surface area contributed by atoms with E-state index in [4.69, 9.17) is 9.47 Å². The second kappa shape index (κ2) is 5.85. The summed E-state index contributed by atoms with van der Waals surface area (Å²) < 4.78 is 10.4. The van der Waals surface area contributed by atoms with Gasteiger partial charge in [-0.05, 0) is 42.8 Å². The maximum atomic E-state index is 11.9. The number of ether oxygens (including phenoxy) is 2. The molecule has 0 saturated heterocycles. The third-order valence-corrected chi connectivity index (χ3v) is 3.32. The maximum Gasteiger partial charge on any atom is 0.363 e. The number of carbonyl (C=O) groups is 1. The van der Waals surface area contributed by atoms with Crippen molar-refractivity contribution in [2.24, 2.45) is 4.99 Å². The summed E-state index contributed by atoms with van der Waals surface area (Å²) >= 11 is 0. The van der Waals surface area contributed by atoms with Crippen molar-refractivity contribution in [2.45, 2.75) is 6.92 Å². The molecule has 4 heteroatoms. The number of hydrogen-bond donors (Lipinski definition) is 0. The molecule has 22 heavy (non-hydrogen) atoms. The zero-order valence-electron chi connectivity index (χ0n) is 12.4. The lowest BCUT2D eigenvalue weighted by Gasteiger charge is -2.00. The molecule has 2 aromatic carbocycles. The Bertz CT molecular complexity index is 773. The first-order valence-electron chi connectivity index (χ1n) is 6.89. The van der Waals surface area contributed by atoms with Crippen LogP contribution >= 0.6 is 0 Å². The third-order valence-electron chi connectivity index (χ3n) is 3.32. The molecule has 0 N–H and O–H groups in total. The van der Waals surface area contributed by atoms with Crippen LogP contribution in [0.25, 0.3) is 6.08 Å². The van der Waals surface area contributed by atoms with Gasteiger partial charge < -0.3 is 9.47 Å². The highest BCUT2D eigenvalue weighted by atomic mass is 16.6. The standard InChI is InChI=1S/C18H15NO3/c1-12-6-8-14(9-7-12)17-19-16(18(20)22-17)11-13-4-3-5-15(10-13)21-2/h3-11H,1-2H3/b16-11-. The molecule has 4 nitrogen and oxygen atoms in total. The number of rotatable bonds is 3. The van der Waals surface area contributed by atoms with Crippen molar-refractivity contribution in [3.8, 4) is 5.75 Å². The summed E-state index contributed by atoms with van der Waals surface area (Å²) in [5.74, 6) is 0.612. The zero-order valence-corrected chi connectivity index (χ0v) is 12.4. The van der Waals surface area contributed by atoms with Crippen molar-refractivity contribution < 1.29 is 14.3 Å². The van der Waals surface area contributed by atoms with Crippen LogP contribution in [0.5, 0.6) is 5.75 Å². The van der Waals surface area contributed by atoms with Gasteiger partial charge in [0.15, 0.2) is 5.70 Å². The highest BCUT2D eigenvalue weighted by Crippen LogP contribution is 2.21. The molecule has 0 aliphatic carbocycles. The van der Waals surface area contributed by atoms with E-state index < -0.39 is 5.97 Å². The van der Waals surface area contributed by atoms with Crippen molar-refractivity contribution in [1.29, 1.82) is 0 Å². The van der Waals surface area contributed by atoms with Crippen LogP contribution in [0.2, 0.25) is 0 Å². The van der Waals surface area contributed by atoms with E-state index in [1.807, 2.05) is 55.5 Å². The topological polar surface area (TPSA) is 47.9 Å². The molecule has 1 heterocycles. The van der Waals surface area contributed by atoms with Crippen molar-refractivity contribution in [3.63, 3.8) is 0 Å². The number of aryl methyl sites for hydroxylation is 1. The molecule has 1 aliphatic rings. The number of hydrogen-bond acceptors (Lipinski definition) is 4. The van der Waals surface area contributed by atoms with Crippen LogP contribution in [0.4, 0.5) is 0 Å².